The van der Waals surface area contributed by atoms with Gasteiger partial charge in [0.05, 0.1) is 11.2 Å². The van der Waals surface area contributed by atoms with E-state index in [4.69, 9.17) is 9.72 Å². The number of hydrogen-bond donors (Lipinski definition) is 1. The van der Waals surface area contributed by atoms with Gasteiger partial charge in [0.15, 0.2) is 15.6 Å². The first kappa shape index (κ1) is 36.7. The number of aromatic nitrogens is 3. The maximum absolute atomic E-state index is 14.3. The highest BCUT2D eigenvalue weighted by atomic mass is 32.2. The number of fused-ring (bicyclic) bond motifs is 1. The second-order valence-corrected chi connectivity index (χ2v) is 17.2. The Bertz CT molecular complexity index is 2200. The molecule has 4 heterocycles. The van der Waals surface area contributed by atoms with Gasteiger partial charge in [-0.1, -0.05) is 6.07 Å². The van der Waals surface area contributed by atoms with Crippen LogP contribution in [-0.4, -0.2) is 98.1 Å². The monoisotopic (exact) mass is 748 g/mol. The van der Waals surface area contributed by atoms with Crippen LogP contribution in [0.5, 0.6) is 5.75 Å². The third-order valence-corrected chi connectivity index (χ3v) is 12.2. The van der Waals surface area contributed by atoms with Gasteiger partial charge < -0.3 is 15.0 Å². The van der Waals surface area contributed by atoms with E-state index in [2.05, 4.69) is 22.2 Å². The molecule has 274 valence electrons. The summed E-state index contributed by atoms with van der Waals surface area (Å²) in [7, 11) is -6.04. The number of nitrogens with zero attached hydrogens (tertiary/aromatic N) is 5. The second-order valence-electron chi connectivity index (χ2n) is 13.2. The van der Waals surface area contributed by atoms with Gasteiger partial charge in [0.25, 0.3) is 5.56 Å². The molecule has 2 aromatic heterocycles. The highest BCUT2D eigenvalue weighted by Gasteiger charge is 2.36. The van der Waals surface area contributed by atoms with Gasteiger partial charge in [-0.25, -0.2) is 26.1 Å². The highest BCUT2D eigenvalue weighted by molar-refractivity contribution is 7.91. The molecular weight excluding hydrogens is 710 g/mol. The molecule has 2 saturated heterocycles. The predicted molar refractivity (Wildman–Crippen MR) is 188 cm³/mol. The van der Waals surface area contributed by atoms with E-state index < -0.39 is 48.3 Å². The van der Waals surface area contributed by atoms with Crippen molar-refractivity contribution in [3.63, 3.8) is 0 Å². The Kier molecular flexibility index (Phi) is 10.2. The van der Waals surface area contributed by atoms with Gasteiger partial charge in [-0.05, 0) is 99.8 Å². The minimum atomic E-state index is -4.91. The van der Waals surface area contributed by atoms with Crippen molar-refractivity contribution in [2.45, 2.75) is 55.8 Å². The summed E-state index contributed by atoms with van der Waals surface area (Å²) in [6.07, 6.45) is 0.586. The molecule has 1 unspecified atom stereocenters. The van der Waals surface area contributed by atoms with Crippen molar-refractivity contribution in [2.24, 2.45) is 0 Å². The van der Waals surface area contributed by atoms with Crippen LogP contribution in [0, 0.1) is 6.92 Å². The molecule has 2 aliphatic heterocycles. The number of benzene rings is 2. The van der Waals surface area contributed by atoms with Gasteiger partial charge in [0.1, 0.15) is 17.5 Å². The van der Waals surface area contributed by atoms with Gasteiger partial charge in [0.2, 0.25) is 16.0 Å². The first-order valence-electron chi connectivity index (χ1n) is 16.5. The molecule has 0 saturated carbocycles. The van der Waals surface area contributed by atoms with Crippen LogP contribution in [0.3, 0.4) is 0 Å². The number of sulfone groups is 1. The number of piperidine rings is 2. The summed E-state index contributed by atoms with van der Waals surface area (Å²) in [6, 6.07) is 12.1. The number of alkyl halides is 3. The third kappa shape index (κ3) is 8.54. The van der Waals surface area contributed by atoms with Crippen LogP contribution in [0.2, 0.25) is 0 Å². The summed E-state index contributed by atoms with van der Waals surface area (Å²) < 4.78 is 97.3. The van der Waals surface area contributed by atoms with Crippen LogP contribution in [0.15, 0.2) is 64.4 Å². The summed E-state index contributed by atoms with van der Waals surface area (Å²) in [5.41, 5.74) is 1.33. The summed E-state index contributed by atoms with van der Waals surface area (Å²) in [6.45, 7) is 3.81. The van der Waals surface area contributed by atoms with Crippen LogP contribution >= 0.6 is 0 Å². The fourth-order valence-electron chi connectivity index (χ4n) is 6.73. The molecule has 2 aliphatic rings. The van der Waals surface area contributed by atoms with Crippen molar-refractivity contribution in [2.75, 3.05) is 50.6 Å². The zero-order chi connectivity index (χ0) is 36.7. The number of sulfonamides is 1. The zero-order valence-electron chi connectivity index (χ0n) is 28.4. The lowest BCUT2D eigenvalue weighted by Gasteiger charge is -2.32. The average molecular weight is 749 g/mol. The van der Waals surface area contributed by atoms with Crippen molar-refractivity contribution in [1.29, 1.82) is 0 Å². The molecule has 51 heavy (non-hydrogen) atoms. The predicted octanol–water partition coefficient (Wildman–Crippen LogP) is 4.92. The van der Waals surface area contributed by atoms with E-state index in [0.717, 1.165) is 50.1 Å². The molecule has 0 amide bonds. The molecule has 1 atom stereocenters. The smallest absolute Gasteiger partial charge is 0.403 e. The maximum Gasteiger partial charge on any atom is 0.403 e. The van der Waals surface area contributed by atoms with Gasteiger partial charge >= 0.3 is 6.18 Å². The number of likely N-dealkylation sites (tertiary alicyclic amines) is 1. The minimum absolute atomic E-state index is 0.112. The molecule has 0 spiro atoms. The normalized spacial score (nSPS) is 18.6. The Labute approximate surface area is 294 Å². The van der Waals surface area contributed by atoms with E-state index in [1.54, 1.807) is 12.3 Å². The lowest BCUT2D eigenvalue weighted by molar-refractivity contribution is -0.106. The number of nitrogens with one attached hydrogen (secondary N) is 1. The van der Waals surface area contributed by atoms with Crippen LogP contribution in [0.1, 0.15) is 37.3 Å². The van der Waals surface area contributed by atoms with E-state index in [9.17, 15) is 34.8 Å². The molecule has 2 fully saturated rings. The average Bonchev–Trinajstić information content (AvgIpc) is 3.04. The largest absolute Gasteiger partial charge is 0.489 e. The molecule has 12 nitrogen and oxygen atoms in total. The molecule has 0 bridgehead atoms. The quantitative estimate of drug-likeness (QED) is 0.251. The molecule has 0 radical (unpaired) electrons. The number of rotatable bonds is 9. The van der Waals surface area contributed by atoms with E-state index in [1.807, 2.05) is 24.3 Å². The molecule has 2 aromatic carbocycles. The van der Waals surface area contributed by atoms with E-state index >= 15 is 0 Å². The number of anilines is 2. The van der Waals surface area contributed by atoms with Crippen molar-refractivity contribution in [3.05, 3.63) is 70.6 Å². The van der Waals surface area contributed by atoms with Crippen LogP contribution in [-0.2, 0) is 19.9 Å². The fraction of sp³-hybridized carbons (Fsp3) is 0.441. The first-order chi connectivity index (χ1) is 24.0. The molecule has 0 aliphatic carbocycles. The molecular formula is C34H39F3N6O6S2. The Balaban J connectivity index is 1.35. The van der Waals surface area contributed by atoms with Crippen molar-refractivity contribution >= 4 is 42.5 Å². The number of likely N-dealkylation sites (N-methyl/N-ethyl adjacent to an activating group) is 1. The van der Waals surface area contributed by atoms with Gasteiger partial charge in [-0.3, -0.25) is 9.36 Å². The Morgan fingerprint density at radius 3 is 2.29 bits per heavy atom. The zero-order valence-corrected chi connectivity index (χ0v) is 30.0. The Morgan fingerprint density at radius 2 is 1.67 bits per heavy atom. The summed E-state index contributed by atoms with van der Waals surface area (Å²) in [4.78, 5) is 25.3. The van der Waals surface area contributed by atoms with Crippen molar-refractivity contribution in [1.82, 2.24) is 23.7 Å². The lowest BCUT2D eigenvalue weighted by Crippen LogP contribution is -2.40. The summed E-state index contributed by atoms with van der Waals surface area (Å²) in [5.74, 6) is -1.05. The van der Waals surface area contributed by atoms with Crippen molar-refractivity contribution < 1.29 is 34.7 Å². The summed E-state index contributed by atoms with van der Waals surface area (Å²) >= 11 is 0. The minimum Gasteiger partial charge on any atom is -0.489 e. The van der Waals surface area contributed by atoms with Crippen LogP contribution < -0.4 is 15.6 Å². The molecule has 17 heteroatoms. The molecule has 1 N–H and O–H groups in total. The Hall–Kier alpha value is -4.06. The SMILES string of the molecule is Cc1cc(S(=O)(=O)CC(F)(F)F)ccc1-c1cc2cnc(Nc3ccc(OC4CCCN(C)C4)cc3)nc2n(C2CCN(S(C)(=O)=O)CC2)c1=O. The number of halogens is 3. The van der Waals surface area contributed by atoms with E-state index in [1.165, 1.54) is 21.9 Å². The van der Waals surface area contributed by atoms with E-state index in [-0.39, 0.29) is 36.3 Å². The maximum atomic E-state index is 14.3. The van der Waals surface area contributed by atoms with Gasteiger partial charge in [-0.15, -0.1) is 0 Å². The fourth-order valence-corrected chi connectivity index (χ4v) is 8.83. The lowest BCUT2D eigenvalue weighted by atomic mass is 9.99. The van der Waals surface area contributed by atoms with Crippen molar-refractivity contribution in [3.8, 4) is 16.9 Å². The molecule has 6 rings (SSSR count). The van der Waals surface area contributed by atoms with E-state index in [0.29, 0.717) is 35.1 Å². The molecule has 4 aromatic rings. The van der Waals surface area contributed by atoms with Gasteiger partial charge in [-0.2, -0.15) is 18.2 Å². The number of aryl methyl sites for hydroxylation is 1. The van der Waals surface area contributed by atoms with Crippen LogP contribution in [0.4, 0.5) is 24.8 Å². The topological polar surface area (TPSA) is 144 Å². The third-order valence-electron chi connectivity index (χ3n) is 9.23. The highest BCUT2D eigenvalue weighted by Crippen LogP contribution is 2.32. The Morgan fingerprint density at radius 1 is 0.961 bits per heavy atom. The first-order valence-corrected chi connectivity index (χ1v) is 20.0. The second kappa shape index (κ2) is 14.2. The number of ether oxygens (including phenoxy) is 1. The van der Waals surface area contributed by atoms with Crippen LogP contribution in [0.25, 0.3) is 22.2 Å². The standard InChI is InChI=1S/C34H39F3N6O6S2/c1-22-17-28(51(47,48)21-34(35,36)37)10-11-29(22)30-18-23-19-38-33(39-24-6-8-26(9-7-24)49-27-5-4-14-41(2)20-27)40-31(23)43(32(30)44)25-12-15-42(16-13-25)50(3,45)46/h6-11,17-19,25,27H,4-5,12-16,20-21H2,1-3H3,(H,38,39,40). The number of pyridine rings is 1. The summed E-state index contributed by atoms with van der Waals surface area (Å²) in [5, 5.41) is 3.66. The van der Waals surface area contributed by atoms with Gasteiger partial charge in [0, 0.05) is 48.5 Å². The number of hydrogen-bond acceptors (Lipinski definition) is 10.